The minimum Gasteiger partial charge on any atom is -0.316 e. The van der Waals surface area contributed by atoms with Crippen molar-refractivity contribution < 1.29 is 0 Å². The molecule has 0 heterocycles. The molecule has 1 atom stereocenters. The normalized spacial score (nSPS) is 17.3. The van der Waals surface area contributed by atoms with E-state index in [4.69, 9.17) is 11.6 Å². The van der Waals surface area contributed by atoms with Crippen LogP contribution in [-0.2, 0) is 6.42 Å². The van der Waals surface area contributed by atoms with Gasteiger partial charge in [-0.15, -0.1) is 0 Å². The van der Waals surface area contributed by atoms with Crippen LogP contribution in [0.3, 0.4) is 0 Å². The zero-order valence-corrected chi connectivity index (χ0v) is 11.8. The highest BCUT2D eigenvalue weighted by molar-refractivity contribution is 6.30. The lowest BCUT2D eigenvalue weighted by Crippen LogP contribution is -2.28. The van der Waals surface area contributed by atoms with E-state index < -0.39 is 0 Å². The largest absolute Gasteiger partial charge is 0.316 e. The van der Waals surface area contributed by atoms with Crippen molar-refractivity contribution >= 4 is 11.6 Å². The zero-order valence-electron chi connectivity index (χ0n) is 11.1. The molecule has 2 heteroatoms. The lowest BCUT2D eigenvalue weighted by atomic mass is 9.92. The molecule has 0 aromatic heterocycles. The van der Waals surface area contributed by atoms with Crippen LogP contribution < -0.4 is 5.32 Å². The Labute approximate surface area is 115 Å². The third-order valence-corrected chi connectivity index (χ3v) is 3.91. The van der Waals surface area contributed by atoms with E-state index in [1.807, 2.05) is 12.1 Å². The second-order valence-corrected chi connectivity index (χ2v) is 5.57. The van der Waals surface area contributed by atoms with Crippen LogP contribution in [0, 0.1) is 0 Å². The van der Waals surface area contributed by atoms with Gasteiger partial charge < -0.3 is 5.32 Å². The molecule has 0 saturated heterocycles. The van der Waals surface area contributed by atoms with Gasteiger partial charge in [0.15, 0.2) is 0 Å². The Hall–Kier alpha value is -0.790. The molecule has 2 rings (SSSR count). The van der Waals surface area contributed by atoms with Gasteiger partial charge in [0.2, 0.25) is 0 Å². The van der Waals surface area contributed by atoms with Gasteiger partial charge in [-0.25, -0.2) is 0 Å². The van der Waals surface area contributed by atoms with Gasteiger partial charge in [-0.05, 0) is 63.3 Å². The summed E-state index contributed by atoms with van der Waals surface area (Å²) < 4.78 is 0. The van der Waals surface area contributed by atoms with E-state index in [0.717, 1.165) is 11.4 Å². The van der Waals surface area contributed by atoms with Crippen LogP contribution in [0.25, 0.3) is 0 Å². The van der Waals surface area contributed by atoms with Crippen LogP contribution in [0.5, 0.6) is 0 Å². The Morgan fingerprint density at radius 1 is 1.28 bits per heavy atom. The van der Waals surface area contributed by atoms with Crippen LogP contribution in [0.1, 0.15) is 37.7 Å². The SMILES string of the molecule is CNC(CC1=CCCCC1)Cc1cccc(Cl)c1. The predicted octanol–water partition coefficient (Wildman–Crippen LogP) is 4.36. The molecular weight excluding hydrogens is 242 g/mol. The molecule has 0 fully saturated rings. The Kier molecular flexibility index (Phi) is 5.27. The van der Waals surface area contributed by atoms with E-state index in [9.17, 15) is 0 Å². The average molecular weight is 264 g/mol. The molecule has 1 aliphatic carbocycles. The van der Waals surface area contributed by atoms with Gasteiger partial charge >= 0.3 is 0 Å². The van der Waals surface area contributed by atoms with Gasteiger partial charge in [-0.1, -0.05) is 35.4 Å². The highest BCUT2D eigenvalue weighted by Gasteiger charge is 2.12. The first kappa shape index (κ1) is 13.6. The molecule has 0 radical (unpaired) electrons. The first-order chi connectivity index (χ1) is 8.78. The maximum Gasteiger partial charge on any atom is 0.0408 e. The molecule has 98 valence electrons. The van der Waals surface area contributed by atoms with Crippen molar-refractivity contribution in [3.05, 3.63) is 46.5 Å². The molecule has 0 aliphatic heterocycles. The Morgan fingerprint density at radius 2 is 2.17 bits per heavy atom. The number of hydrogen-bond acceptors (Lipinski definition) is 1. The molecule has 1 aliphatic rings. The molecule has 0 saturated carbocycles. The smallest absolute Gasteiger partial charge is 0.0408 e. The number of likely N-dealkylation sites (N-methyl/N-ethyl adjacent to an activating group) is 1. The van der Waals surface area contributed by atoms with Crippen LogP contribution in [0.4, 0.5) is 0 Å². The zero-order chi connectivity index (χ0) is 12.8. The quantitative estimate of drug-likeness (QED) is 0.779. The summed E-state index contributed by atoms with van der Waals surface area (Å²) in [4.78, 5) is 0. The minimum atomic E-state index is 0.521. The van der Waals surface area contributed by atoms with Crippen molar-refractivity contribution in [1.29, 1.82) is 0 Å². The van der Waals surface area contributed by atoms with Crippen LogP contribution in [0.15, 0.2) is 35.9 Å². The predicted molar refractivity (Wildman–Crippen MR) is 79.2 cm³/mol. The van der Waals surface area contributed by atoms with E-state index in [-0.39, 0.29) is 0 Å². The lowest BCUT2D eigenvalue weighted by Gasteiger charge is -2.20. The third-order valence-electron chi connectivity index (χ3n) is 3.67. The van der Waals surface area contributed by atoms with E-state index in [1.165, 1.54) is 37.7 Å². The molecule has 1 aromatic carbocycles. The Bertz CT molecular complexity index is 411. The molecule has 0 amide bonds. The summed E-state index contributed by atoms with van der Waals surface area (Å²) in [5, 5.41) is 4.27. The monoisotopic (exact) mass is 263 g/mol. The second-order valence-electron chi connectivity index (χ2n) is 5.13. The first-order valence-electron chi connectivity index (χ1n) is 6.87. The highest BCUT2D eigenvalue weighted by Crippen LogP contribution is 2.23. The summed E-state index contributed by atoms with van der Waals surface area (Å²) in [5.41, 5.74) is 2.95. The Morgan fingerprint density at radius 3 is 2.83 bits per heavy atom. The summed E-state index contributed by atoms with van der Waals surface area (Å²) in [5.74, 6) is 0. The van der Waals surface area contributed by atoms with Gasteiger partial charge in [0.25, 0.3) is 0 Å². The molecule has 18 heavy (non-hydrogen) atoms. The molecule has 1 N–H and O–H groups in total. The second kappa shape index (κ2) is 6.96. The fourth-order valence-corrected chi connectivity index (χ4v) is 2.84. The van der Waals surface area contributed by atoms with Crippen molar-refractivity contribution in [2.45, 2.75) is 44.6 Å². The maximum atomic E-state index is 6.03. The molecule has 1 nitrogen and oxygen atoms in total. The fraction of sp³-hybridized carbons (Fsp3) is 0.500. The third kappa shape index (κ3) is 4.15. The molecule has 0 spiro atoms. The highest BCUT2D eigenvalue weighted by atomic mass is 35.5. The topological polar surface area (TPSA) is 12.0 Å². The Balaban J connectivity index is 1.94. The number of rotatable bonds is 5. The maximum absolute atomic E-state index is 6.03. The number of halogens is 1. The van der Waals surface area contributed by atoms with Gasteiger partial charge in [0.1, 0.15) is 0 Å². The molecular formula is C16H22ClN. The fourth-order valence-electron chi connectivity index (χ4n) is 2.63. The number of hydrogen-bond donors (Lipinski definition) is 1. The minimum absolute atomic E-state index is 0.521. The summed E-state index contributed by atoms with van der Waals surface area (Å²) in [6.45, 7) is 0. The van der Waals surface area contributed by atoms with Gasteiger partial charge in [-0.2, -0.15) is 0 Å². The summed E-state index contributed by atoms with van der Waals surface area (Å²) >= 11 is 6.03. The number of benzene rings is 1. The van der Waals surface area contributed by atoms with Crippen LogP contribution in [-0.4, -0.2) is 13.1 Å². The average Bonchev–Trinajstić information content (AvgIpc) is 2.39. The van der Waals surface area contributed by atoms with Gasteiger partial charge in [0, 0.05) is 11.1 Å². The van der Waals surface area contributed by atoms with Crippen molar-refractivity contribution in [3.8, 4) is 0 Å². The lowest BCUT2D eigenvalue weighted by molar-refractivity contribution is 0.532. The van der Waals surface area contributed by atoms with Crippen molar-refractivity contribution in [1.82, 2.24) is 5.32 Å². The van der Waals surface area contributed by atoms with E-state index in [1.54, 1.807) is 5.57 Å². The van der Waals surface area contributed by atoms with E-state index in [2.05, 4.69) is 30.6 Å². The standard InChI is InChI=1S/C16H22ClN/c1-18-16(11-13-6-3-2-4-7-13)12-14-8-5-9-15(17)10-14/h5-6,8-10,16,18H,2-4,7,11-12H2,1H3. The summed E-state index contributed by atoms with van der Waals surface area (Å²) in [7, 11) is 2.05. The summed E-state index contributed by atoms with van der Waals surface area (Å²) in [6, 6.07) is 8.72. The number of nitrogens with one attached hydrogen (secondary N) is 1. The van der Waals surface area contributed by atoms with Crippen LogP contribution >= 0.6 is 11.6 Å². The first-order valence-corrected chi connectivity index (χ1v) is 7.25. The van der Waals surface area contributed by atoms with E-state index in [0.29, 0.717) is 6.04 Å². The summed E-state index contributed by atoms with van der Waals surface area (Å²) in [6.07, 6.45) is 9.93. The van der Waals surface area contributed by atoms with Gasteiger partial charge in [0.05, 0.1) is 0 Å². The molecule has 0 bridgehead atoms. The van der Waals surface area contributed by atoms with Crippen molar-refractivity contribution in [3.63, 3.8) is 0 Å². The molecule has 1 unspecified atom stereocenters. The van der Waals surface area contributed by atoms with Gasteiger partial charge in [-0.3, -0.25) is 0 Å². The van der Waals surface area contributed by atoms with Crippen molar-refractivity contribution in [2.75, 3.05) is 7.05 Å². The van der Waals surface area contributed by atoms with E-state index >= 15 is 0 Å². The van der Waals surface area contributed by atoms with Crippen molar-refractivity contribution in [2.24, 2.45) is 0 Å². The number of allylic oxidation sites excluding steroid dienone is 1. The van der Waals surface area contributed by atoms with Crippen LogP contribution in [0.2, 0.25) is 5.02 Å². The molecule has 1 aromatic rings.